The van der Waals surface area contributed by atoms with Crippen molar-refractivity contribution >= 4 is 45.0 Å². The van der Waals surface area contributed by atoms with E-state index < -0.39 is 0 Å². The van der Waals surface area contributed by atoms with Crippen LogP contribution in [0.5, 0.6) is 0 Å². The van der Waals surface area contributed by atoms with Gasteiger partial charge in [-0.1, -0.05) is 41.2 Å². The van der Waals surface area contributed by atoms with Gasteiger partial charge in [-0.3, -0.25) is 9.69 Å². The Balaban J connectivity index is 0.00000289. The van der Waals surface area contributed by atoms with Crippen molar-refractivity contribution in [3.8, 4) is 0 Å². The van der Waals surface area contributed by atoms with Crippen LogP contribution in [0.15, 0.2) is 49.1 Å². The Bertz CT molecular complexity index is 1220. The highest BCUT2D eigenvalue weighted by Crippen LogP contribution is 2.32. The van der Waals surface area contributed by atoms with Gasteiger partial charge in [0.1, 0.15) is 0 Å². The first-order valence-corrected chi connectivity index (χ1v) is 11.4. The number of amides is 1. The van der Waals surface area contributed by atoms with Crippen LogP contribution in [0.2, 0.25) is 0 Å². The number of carbonyl (C=O) groups is 1. The summed E-state index contributed by atoms with van der Waals surface area (Å²) in [6.07, 6.45) is 6.76. The van der Waals surface area contributed by atoms with Gasteiger partial charge in [-0.25, -0.2) is 9.97 Å². The molecule has 0 aliphatic rings. The second-order valence-electron chi connectivity index (χ2n) is 8.16. The van der Waals surface area contributed by atoms with Gasteiger partial charge < -0.3 is 4.57 Å². The molecule has 2 aromatic carbocycles. The van der Waals surface area contributed by atoms with E-state index in [-0.39, 0.29) is 18.3 Å². The summed E-state index contributed by atoms with van der Waals surface area (Å²) < 4.78 is 3.16. The largest absolute Gasteiger partial charge is 0.337 e. The molecule has 2 aromatic heterocycles. The third-order valence-electron chi connectivity index (χ3n) is 5.80. The van der Waals surface area contributed by atoms with Gasteiger partial charge in [-0.15, -0.1) is 12.4 Å². The fourth-order valence-electron chi connectivity index (χ4n) is 3.79. The van der Waals surface area contributed by atoms with Crippen molar-refractivity contribution in [2.24, 2.45) is 0 Å². The molecule has 5 nitrogen and oxygen atoms in total. The Kier molecular flexibility index (Phi) is 7.69. The van der Waals surface area contributed by atoms with E-state index in [9.17, 15) is 4.79 Å². The number of rotatable bonds is 7. The van der Waals surface area contributed by atoms with Crippen LogP contribution in [0.25, 0.3) is 10.2 Å². The van der Waals surface area contributed by atoms with E-state index in [2.05, 4.69) is 63.0 Å². The van der Waals surface area contributed by atoms with Crippen LogP contribution in [-0.4, -0.2) is 27.0 Å². The summed E-state index contributed by atoms with van der Waals surface area (Å²) in [4.78, 5) is 24.3. The maximum Gasteiger partial charge on any atom is 0.233 e. The fraction of sp³-hybridized carbons (Fsp3) is 0.320. The molecule has 0 bridgehead atoms. The highest BCUT2D eigenvalue weighted by atomic mass is 35.5. The third kappa shape index (κ3) is 5.19. The molecule has 0 fully saturated rings. The molecule has 32 heavy (non-hydrogen) atoms. The molecule has 0 aliphatic heterocycles. The summed E-state index contributed by atoms with van der Waals surface area (Å²) in [5, 5.41) is 0.782. The van der Waals surface area contributed by atoms with Crippen LogP contribution in [0.3, 0.4) is 0 Å². The van der Waals surface area contributed by atoms with E-state index in [1.807, 2.05) is 22.0 Å². The zero-order chi connectivity index (χ0) is 22.0. The van der Waals surface area contributed by atoms with Gasteiger partial charge in [0.25, 0.3) is 0 Å². The summed E-state index contributed by atoms with van der Waals surface area (Å²) >= 11 is 1.60. The highest BCUT2D eigenvalue weighted by molar-refractivity contribution is 7.22. The minimum Gasteiger partial charge on any atom is -0.337 e. The second-order valence-corrected chi connectivity index (χ2v) is 9.17. The maximum absolute atomic E-state index is 13.4. The van der Waals surface area contributed by atoms with Crippen molar-refractivity contribution in [3.63, 3.8) is 0 Å². The lowest BCUT2D eigenvalue weighted by Crippen LogP contribution is -2.33. The lowest BCUT2D eigenvalue weighted by atomic mass is 10.0. The molecule has 0 unspecified atom stereocenters. The predicted molar refractivity (Wildman–Crippen MR) is 135 cm³/mol. The number of hydrogen-bond acceptors (Lipinski definition) is 4. The zero-order valence-electron chi connectivity index (χ0n) is 19.0. The van der Waals surface area contributed by atoms with E-state index in [0.29, 0.717) is 13.0 Å². The molecular formula is C25H29ClN4OS. The second kappa shape index (κ2) is 10.3. The van der Waals surface area contributed by atoms with Gasteiger partial charge in [-0.2, -0.15) is 0 Å². The molecule has 7 heteroatoms. The molecule has 4 rings (SSSR count). The minimum absolute atomic E-state index is 0. The van der Waals surface area contributed by atoms with Gasteiger partial charge >= 0.3 is 0 Å². The van der Waals surface area contributed by atoms with Crippen molar-refractivity contribution in [3.05, 3.63) is 76.9 Å². The predicted octanol–water partition coefficient (Wildman–Crippen LogP) is 5.81. The first-order valence-electron chi connectivity index (χ1n) is 10.6. The van der Waals surface area contributed by atoms with Crippen molar-refractivity contribution in [2.45, 2.75) is 47.1 Å². The maximum atomic E-state index is 13.4. The van der Waals surface area contributed by atoms with Gasteiger partial charge in [-0.05, 0) is 62.4 Å². The monoisotopic (exact) mass is 468 g/mol. The van der Waals surface area contributed by atoms with Crippen molar-refractivity contribution < 1.29 is 4.79 Å². The summed E-state index contributed by atoms with van der Waals surface area (Å²) in [5.74, 6) is 0.0889. The number of imidazole rings is 1. The summed E-state index contributed by atoms with van der Waals surface area (Å²) in [7, 11) is 0. The SMILES string of the molecule is Cc1ccc(CC(=O)N(CCCn2ccnc2)c2nc3c(C)c(C)ccc3s2)c(C)c1.Cl. The molecule has 0 N–H and O–H groups in total. The van der Waals surface area contributed by atoms with Crippen molar-refractivity contribution in [2.75, 3.05) is 11.4 Å². The van der Waals surface area contributed by atoms with E-state index in [0.717, 1.165) is 39.4 Å². The van der Waals surface area contributed by atoms with Crippen LogP contribution in [0.4, 0.5) is 5.13 Å². The Morgan fingerprint density at radius 1 is 1.09 bits per heavy atom. The molecule has 0 saturated heterocycles. The van der Waals surface area contributed by atoms with Crippen LogP contribution in [0, 0.1) is 27.7 Å². The fourth-order valence-corrected chi connectivity index (χ4v) is 4.86. The van der Waals surface area contributed by atoms with E-state index in [1.165, 1.54) is 16.7 Å². The number of carbonyl (C=O) groups excluding carboxylic acids is 1. The zero-order valence-corrected chi connectivity index (χ0v) is 20.6. The first kappa shape index (κ1) is 24.0. The molecule has 2 heterocycles. The Hall–Kier alpha value is -2.70. The topological polar surface area (TPSA) is 51.0 Å². The van der Waals surface area contributed by atoms with Crippen LogP contribution >= 0.6 is 23.7 Å². The van der Waals surface area contributed by atoms with Crippen LogP contribution < -0.4 is 4.90 Å². The molecule has 4 aromatic rings. The van der Waals surface area contributed by atoms with Gasteiger partial charge in [0.2, 0.25) is 5.91 Å². The molecule has 0 spiro atoms. The molecule has 0 saturated carbocycles. The number of hydrogen-bond donors (Lipinski definition) is 0. The lowest BCUT2D eigenvalue weighted by Gasteiger charge is -2.20. The summed E-state index contributed by atoms with van der Waals surface area (Å²) in [5.41, 5.74) is 6.84. The molecule has 0 aliphatic carbocycles. The minimum atomic E-state index is 0. The average Bonchev–Trinajstić information content (AvgIpc) is 3.40. The number of aromatic nitrogens is 3. The van der Waals surface area contributed by atoms with Gasteiger partial charge in [0, 0.05) is 25.5 Å². The van der Waals surface area contributed by atoms with E-state index >= 15 is 0 Å². The highest BCUT2D eigenvalue weighted by Gasteiger charge is 2.21. The third-order valence-corrected chi connectivity index (χ3v) is 6.85. The molecule has 168 valence electrons. The first-order chi connectivity index (χ1) is 14.9. The van der Waals surface area contributed by atoms with E-state index in [1.54, 1.807) is 17.5 Å². The normalized spacial score (nSPS) is 10.9. The summed E-state index contributed by atoms with van der Waals surface area (Å²) in [6.45, 7) is 9.79. The Labute approximate surface area is 199 Å². The number of thiazole rings is 1. The Morgan fingerprint density at radius 3 is 2.62 bits per heavy atom. The van der Waals surface area contributed by atoms with Crippen LogP contribution in [-0.2, 0) is 17.8 Å². The number of nitrogens with zero attached hydrogens (tertiary/aromatic N) is 4. The van der Waals surface area contributed by atoms with Crippen molar-refractivity contribution in [1.82, 2.24) is 14.5 Å². The Morgan fingerprint density at radius 2 is 1.91 bits per heavy atom. The number of fused-ring (bicyclic) bond motifs is 1. The van der Waals surface area contributed by atoms with Gasteiger partial charge in [0.05, 0.1) is 23.0 Å². The smallest absolute Gasteiger partial charge is 0.233 e. The molecule has 0 atom stereocenters. The molecule has 1 amide bonds. The number of aryl methyl sites for hydroxylation is 5. The standard InChI is InChI=1S/C25H28N4OS.ClH/c1-17-6-8-21(19(3)14-17)15-23(30)29(12-5-11-28-13-10-26-16-28)25-27-24-20(4)18(2)7-9-22(24)31-25;/h6-10,13-14,16H,5,11-12,15H2,1-4H3;1H. The molecule has 0 radical (unpaired) electrons. The summed E-state index contributed by atoms with van der Waals surface area (Å²) in [6, 6.07) is 10.5. The number of benzene rings is 2. The quantitative estimate of drug-likeness (QED) is 0.343. The number of halogens is 1. The lowest BCUT2D eigenvalue weighted by molar-refractivity contribution is -0.118. The van der Waals surface area contributed by atoms with Gasteiger partial charge in [0.15, 0.2) is 5.13 Å². The van der Waals surface area contributed by atoms with Crippen LogP contribution in [0.1, 0.15) is 34.2 Å². The number of anilines is 1. The van der Waals surface area contributed by atoms with E-state index in [4.69, 9.17) is 4.98 Å². The average molecular weight is 469 g/mol. The molecular weight excluding hydrogens is 440 g/mol. The van der Waals surface area contributed by atoms with Crippen molar-refractivity contribution in [1.29, 1.82) is 0 Å².